The summed E-state index contributed by atoms with van der Waals surface area (Å²) in [6, 6.07) is 10.1. The van der Waals surface area contributed by atoms with Crippen molar-refractivity contribution in [2.45, 2.75) is 51.6 Å². The SMILES string of the molecule is CCC(O)(c1ccccc1)C1(CN)CCCC(C)C1. The van der Waals surface area contributed by atoms with Gasteiger partial charge in [-0.1, -0.05) is 57.0 Å². The van der Waals surface area contributed by atoms with E-state index in [4.69, 9.17) is 5.73 Å². The molecule has 0 spiro atoms. The minimum absolute atomic E-state index is 0.166. The number of rotatable bonds is 4. The summed E-state index contributed by atoms with van der Waals surface area (Å²) in [7, 11) is 0. The van der Waals surface area contributed by atoms with Gasteiger partial charge in [0.2, 0.25) is 0 Å². The van der Waals surface area contributed by atoms with Gasteiger partial charge in [0.25, 0.3) is 0 Å². The molecule has 0 heterocycles. The Labute approximate surface area is 117 Å². The van der Waals surface area contributed by atoms with E-state index in [2.05, 4.69) is 13.8 Å². The third kappa shape index (κ3) is 2.44. The van der Waals surface area contributed by atoms with Crippen molar-refractivity contribution in [2.24, 2.45) is 17.1 Å². The van der Waals surface area contributed by atoms with Crippen molar-refractivity contribution >= 4 is 0 Å². The van der Waals surface area contributed by atoms with Gasteiger partial charge in [0.05, 0.1) is 5.60 Å². The van der Waals surface area contributed by atoms with Crippen LogP contribution in [0, 0.1) is 11.3 Å². The molecule has 1 aromatic carbocycles. The molecule has 0 radical (unpaired) electrons. The number of aliphatic hydroxyl groups is 1. The van der Waals surface area contributed by atoms with E-state index in [0.717, 1.165) is 24.8 Å². The highest BCUT2D eigenvalue weighted by atomic mass is 16.3. The summed E-state index contributed by atoms with van der Waals surface area (Å²) < 4.78 is 0. The molecule has 0 bridgehead atoms. The average molecular weight is 261 g/mol. The summed E-state index contributed by atoms with van der Waals surface area (Å²) in [5.41, 5.74) is 6.20. The molecule has 106 valence electrons. The highest BCUT2D eigenvalue weighted by Gasteiger charge is 2.50. The van der Waals surface area contributed by atoms with Gasteiger partial charge >= 0.3 is 0 Å². The normalized spacial score (nSPS) is 30.8. The smallest absolute Gasteiger partial charge is 0.0961 e. The van der Waals surface area contributed by atoms with Gasteiger partial charge in [-0.25, -0.2) is 0 Å². The van der Waals surface area contributed by atoms with Gasteiger partial charge in [0, 0.05) is 12.0 Å². The van der Waals surface area contributed by atoms with Crippen molar-refractivity contribution in [3.63, 3.8) is 0 Å². The largest absolute Gasteiger partial charge is 0.385 e. The molecule has 1 aromatic rings. The monoisotopic (exact) mass is 261 g/mol. The van der Waals surface area contributed by atoms with Crippen LogP contribution < -0.4 is 5.73 Å². The molecule has 3 unspecified atom stereocenters. The molecule has 0 amide bonds. The first kappa shape index (κ1) is 14.5. The van der Waals surface area contributed by atoms with Crippen LogP contribution in [0.25, 0.3) is 0 Å². The minimum atomic E-state index is -0.794. The molecule has 0 aromatic heterocycles. The first-order chi connectivity index (χ1) is 9.08. The predicted molar refractivity (Wildman–Crippen MR) is 79.7 cm³/mol. The lowest BCUT2D eigenvalue weighted by atomic mass is 9.58. The van der Waals surface area contributed by atoms with Crippen LogP contribution in [-0.4, -0.2) is 11.7 Å². The van der Waals surface area contributed by atoms with E-state index in [1.165, 1.54) is 12.8 Å². The Balaban J connectivity index is 2.43. The van der Waals surface area contributed by atoms with Crippen LogP contribution >= 0.6 is 0 Å². The molecule has 19 heavy (non-hydrogen) atoms. The number of hydrogen-bond acceptors (Lipinski definition) is 2. The zero-order valence-corrected chi connectivity index (χ0v) is 12.2. The lowest BCUT2D eigenvalue weighted by Crippen LogP contribution is -2.52. The summed E-state index contributed by atoms with van der Waals surface area (Å²) in [5.74, 6) is 0.652. The van der Waals surface area contributed by atoms with Crippen LogP contribution in [0.5, 0.6) is 0 Å². The maximum Gasteiger partial charge on any atom is 0.0961 e. The van der Waals surface area contributed by atoms with Crippen LogP contribution in [0.4, 0.5) is 0 Å². The Morgan fingerprint density at radius 1 is 1.37 bits per heavy atom. The minimum Gasteiger partial charge on any atom is -0.385 e. The van der Waals surface area contributed by atoms with Gasteiger partial charge in [-0.2, -0.15) is 0 Å². The fourth-order valence-corrected chi connectivity index (χ4v) is 3.99. The van der Waals surface area contributed by atoms with Gasteiger partial charge in [-0.05, 0) is 30.7 Å². The van der Waals surface area contributed by atoms with Gasteiger partial charge in [0.1, 0.15) is 0 Å². The van der Waals surface area contributed by atoms with E-state index >= 15 is 0 Å². The van der Waals surface area contributed by atoms with Crippen molar-refractivity contribution < 1.29 is 5.11 Å². The van der Waals surface area contributed by atoms with Crippen molar-refractivity contribution in [1.29, 1.82) is 0 Å². The van der Waals surface area contributed by atoms with E-state index in [1.54, 1.807) is 0 Å². The molecule has 1 aliphatic carbocycles. The Morgan fingerprint density at radius 2 is 2.05 bits per heavy atom. The number of nitrogens with two attached hydrogens (primary N) is 1. The maximum absolute atomic E-state index is 11.4. The van der Waals surface area contributed by atoms with Gasteiger partial charge < -0.3 is 10.8 Å². The second-order valence-electron chi connectivity index (χ2n) is 6.27. The van der Waals surface area contributed by atoms with Gasteiger partial charge in [-0.15, -0.1) is 0 Å². The molecule has 0 saturated heterocycles. The van der Waals surface area contributed by atoms with Crippen LogP contribution in [0.2, 0.25) is 0 Å². The van der Waals surface area contributed by atoms with Crippen molar-refractivity contribution in [3.05, 3.63) is 35.9 Å². The molecule has 3 N–H and O–H groups in total. The maximum atomic E-state index is 11.4. The zero-order valence-electron chi connectivity index (χ0n) is 12.2. The second-order valence-corrected chi connectivity index (χ2v) is 6.27. The fraction of sp³-hybridized carbons (Fsp3) is 0.647. The lowest BCUT2D eigenvalue weighted by Gasteiger charge is -2.51. The molecular weight excluding hydrogens is 234 g/mol. The van der Waals surface area contributed by atoms with E-state index in [1.807, 2.05) is 30.3 Å². The standard InChI is InChI=1S/C17H27NO/c1-3-17(19,15-9-5-4-6-10-15)16(13-18)11-7-8-14(2)12-16/h4-6,9-10,14,19H,3,7-8,11-13,18H2,1-2H3. The predicted octanol–water partition coefficient (Wildman–Crippen LogP) is 3.44. The van der Waals surface area contributed by atoms with Crippen molar-refractivity contribution in [2.75, 3.05) is 6.54 Å². The quantitative estimate of drug-likeness (QED) is 0.872. The molecule has 2 rings (SSSR count). The molecule has 2 nitrogen and oxygen atoms in total. The second kappa shape index (κ2) is 5.64. The Morgan fingerprint density at radius 3 is 2.58 bits per heavy atom. The first-order valence-corrected chi connectivity index (χ1v) is 7.56. The van der Waals surface area contributed by atoms with E-state index < -0.39 is 5.60 Å². The third-order valence-corrected chi connectivity index (χ3v) is 5.12. The van der Waals surface area contributed by atoms with Crippen molar-refractivity contribution in [3.8, 4) is 0 Å². The van der Waals surface area contributed by atoms with E-state index in [-0.39, 0.29) is 5.41 Å². The Hall–Kier alpha value is -0.860. The highest BCUT2D eigenvalue weighted by Crippen LogP contribution is 2.52. The Kier molecular flexibility index (Phi) is 4.32. The Bertz CT molecular complexity index is 405. The molecule has 1 aliphatic rings. The fourth-order valence-electron chi connectivity index (χ4n) is 3.99. The van der Waals surface area contributed by atoms with Crippen molar-refractivity contribution in [1.82, 2.24) is 0 Å². The molecule has 1 fully saturated rings. The summed E-state index contributed by atoms with van der Waals surface area (Å²) >= 11 is 0. The summed E-state index contributed by atoms with van der Waals surface area (Å²) in [5, 5.41) is 11.4. The summed E-state index contributed by atoms with van der Waals surface area (Å²) in [4.78, 5) is 0. The van der Waals surface area contributed by atoms with E-state index in [9.17, 15) is 5.11 Å². The number of benzene rings is 1. The molecule has 1 saturated carbocycles. The summed E-state index contributed by atoms with van der Waals surface area (Å²) in [6.45, 7) is 4.92. The van der Waals surface area contributed by atoms with E-state index in [0.29, 0.717) is 12.5 Å². The molecule has 3 atom stereocenters. The molecule has 2 heteroatoms. The number of hydrogen-bond donors (Lipinski definition) is 2. The van der Waals surface area contributed by atoms with Gasteiger partial charge in [-0.3, -0.25) is 0 Å². The van der Waals surface area contributed by atoms with Crippen LogP contribution in [0.3, 0.4) is 0 Å². The van der Waals surface area contributed by atoms with Crippen LogP contribution in [0.15, 0.2) is 30.3 Å². The third-order valence-electron chi connectivity index (χ3n) is 5.12. The molecular formula is C17H27NO. The topological polar surface area (TPSA) is 46.2 Å². The lowest BCUT2D eigenvalue weighted by molar-refractivity contribution is -0.117. The van der Waals surface area contributed by atoms with Crippen LogP contribution in [-0.2, 0) is 5.60 Å². The van der Waals surface area contributed by atoms with Gasteiger partial charge in [0.15, 0.2) is 0 Å². The zero-order chi connectivity index (χ0) is 13.9. The molecule has 0 aliphatic heterocycles. The summed E-state index contributed by atoms with van der Waals surface area (Å²) in [6.07, 6.45) is 5.22. The average Bonchev–Trinajstić information content (AvgIpc) is 2.47. The first-order valence-electron chi connectivity index (χ1n) is 7.56. The highest BCUT2D eigenvalue weighted by molar-refractivity contribution is 5.26. The van der Waals surface area contributed by atoms with Crippen LogP contribution in [0.1, 0.15) is 51.5 Å².